The SMILES string of the molecule is CC(C)Oc1ccc(CNC2=NCC3CN(C(=O)OC(C)(C)C)CCN23)cc1.I. The van der Waals surface area contributed by atoms with Crippen LogP contribution in [0, 0.1) is 0 Å². The summed E-state index contributed by atoms with van der Waals surface area (Å²) in [6, 6.07) is 8.34. The van der Waals surface area contributed by atoms with E-state index < -0.39 is 5.60 Å². The van der Waals surface area contributed by atoms with E-state index in [2.05, 4.69) is 27.3 Å². The second-order valence-electron chi connectivity index (χ2n) is 8.60. The van der Waals surface area contributed by atoms with Crippen LogP contribution in [0.2, 0.25) is 0 Å². The summed E-state index contributed by atoms with van der Waals surface area (Å²) in [5.74, 6) is 1.80. The lowest BCUT2D eigenvalue weighted by Crippen LogP contribution is -2.57. The summed E-state index contributed by atoms with van der Waals surface area (Å²) in [6.07, 6.45) is -0.0645. The fourth-order valence-corrected chi connectivity index (χ4v) is 3.36. The van der Waals surface area contributed by atoms with Crippen molar-refractivity contribution < 1.29 is 14.3 Å². The fourth-order valence-electron chi connectivity index (χ4n) is 3.36. The third kappa shape index (κ3) is 6.65. The highest BCUT2D eigenvalue weighted by Crippen LogP contribution is 2.19. The normalized spacial score (nSPS) is 18.7. The van der Waals surface area contributed by atoms with Gasteiger partial charge in [-0.15, -0.1) is 24.0 Å². The number of fused-ring (bicyclic) bond motifs is 1. The summed E-state index contributed by atoms with van der Waals surface area (Å²) in [4.78, 5) is 21.0. The molecular formula is C21H33IN4O3. The Labute approximate surface area is 190 Å². The Morgan fingerprint density at radius 3 is 2.55 bits per heavy atom. The molecule has 1 atom stereocenters. The summed E-state index contributed by atoms with van der Waals surface area (Å²) >= 11 is 0. The molecular weight excluding hydrogens is 483 g/mol. The lowest BCUT2D eigenvalue weighted by Gasteiger charge is -2.39. The first-order valence-corrected chi connectivity index (χ1v) is 10.00. The summed E-state index contributed by atoms with van der Waals surface area (Å²) in [5.41, 5.74) is 0.706. The van der Waals surface area contributed by atoms with Crippen LogP contribution in [-0.2, 0) is 11.3 Å². The lowest BCUT2D eigenvalue weighted by molar-refractivity contribution is 0.0137. The number of aliphatic imine (C=N–C) groups is 1. The van der Waals surface area contributed by atoms with Gasteiger partial charge in [-0.05, 0) is 52.3 Å². The summed E-state index contributed by atoms with van der Waals surface area (Å²) in [6.45, 7) is 13.2. The number of piperazine rings is 1. The molecule has 0 spiro atoms. The minimum atomic E-state index is -0.469. The van der Waals surface area contributed by atoms with Gasteiger partial charge in [0, 0.05) is 26.2 Å². The van der Waals surface area contributed by atoms with E-state index in [4.69, 9.17) is 9.47 Å². The van der Waals surface area contributed by atoms with Crippen LogP contribution in [0.4, 0.5) is 4.79 Å². The highest BCUT2D eigenvalue weighted by Gasteiger charge is 2.36. The molecule has 0 aliphatic carbocycles. The molecule has 2 heterocycles. The van der Waals surface area contributed by atoms with E-state index in [0.29, 0.717) is 26.2 Å². The number of amides is 1. The predicted molar refractivity (Wildman–Crippen MR) is 125 cm³/mol. The van der Waals surface area contributed by atoms with Crippen LogP contribution in [-0.4, -0.2) is 65.8 Å². The second kappa shape index (κ2) is 9.86. The molecule has 1 aromatic carbocycles. The van der Waals surface area contributed by atoms with Crippen LogP contribution < -0.4 is 10.1 Å². The Bertz CT molecular complexity index is 716. The molecule has 3 rings (SSSR count). The zero-order chi connectivity index (χ0) is 20.3. The molecule has 2 aliphatic heterocycles. The van der Waals surface area contributed by atoms with Gasteiger partial charge in [-0.25, -0.2) is 4.79 Å². The Morgan fingerprint density at radius 2 is 1.93 bits per heavy atom. The van der Waals surface area contributed by atoms with E-state index >= 15 is 0 Å². The molecule has 1 N–H and O–H groups in total. The van der Waals surface area contributed by atoms with Crippen LogP contribution in [0.25, 0.3) is 0 Å². The fraction of sp³-hybridized carbons (Fsp3) is 0.619. The van der Waals surface area contributed by atoms with E-state index in [0.717, 1.165) is 18.3 Å². The van der Waals surface area contributed by atoms with Gasteiger partial charge >= 0.3 is 6.09 Å². The van der Waals surface area contributed by atoms with Crippen molar-refractivity contribution in [3.05, 3.63) is 29.8 Å². The van der Waals surface area contributed by atoms with Crippen molar-refractivity contribution in [2.75, 3.05) is 26.2 Å². The Balaban J connectivity index is 0.00000300. The largest absolute Gasteiger partial charge is 0.491 e. The lowest BCUT2D eigenvalue weighted by atomic mass is 10.2. The quantitative estimate of drug-likeness (QED) is 0.622. The monoisotopic (exact) mass is 516 g/mol. The van der Waals surface area contributed by atoms with Crippen molar-refractivity contribution in [1.29, 1.82) is 0 Å². The number of nitrogens with zero attached hydrogens (tertiary/aromatic N) is 3. The third-order valence-corrected chi connectivity index (χ3v) is 4.60. The molecule has 7 nitrogen and oxygen atoms in total. The van der Waals surface area contributed by atoms with Gasteiger partial charge in [0.2, 0.25) is 0 Å². The van der Waals surface area contributed by atoms with Crippen molar-refractivity contribution in [2.45, 2.75) is 58.9 Å². The topological polar surface area (TPSA) is 66.4 Å². The number of carbonyl (C=O) groups is 1. The van der Waals surface area contributed by atoms with Crippen LogP contribution >= 0.6 is 24.0 Å². The smallest absolute Gasteiger partial charge is 0.410 e. The van der Waals surface area contributed by atoms with Gasteiger partial charge in [0.05, 0.1) is 18.7 Å². The number of ether oxygens (including phenoxy) is 2. The number of hydrogen-bond acceptors (Lipinski definition) is 6. The van der Waals surface area contributed by atoms with Gasteiger partial charge in [-0.2, -0.15) is 0 Å². The maximum absolute atomic E-state index is 12.3. The van der Waals surface area contributed by atoms with Crippen LogP contribution in [0.3, 0.4) is 0 Å². The molecule has 8 heteroatoms. The van der Waals surface area contributed by atoms with Gasteiger partial charge < -0.3 is 24.6 Å². The van der Waals surface area contributed by atoms with E-state index in [1.165, 1.54) is 5.56 Å². The van der Waals surface area contributed by atoms with Crippen LogP contribution in [0.1, 0.15) is 40.2 Å². The van der Waals surface area contributed by atoms with Gasteiger partial charge in [0.15, 0.2) is 5.96 Å². The zero-order valence-corrected chi connectivity index (χ0v) is 20.3. The molecule has 0 bridgehead atoms. The van der Waals surface area contributed by atoms with Crippen LogP contribution in [0.15, 0.2) is 29.3 Å². The van der Waals surface area contributed by atoms with Gasteiger partial charge in [-0.3, -0.25) is 4.99 Å². The molecule has 1 aromatic rings. The average molecular weight is 516 g/mol. The predicted octanol–water partition coefficient (Wildman–Crippen LogP) is 3.47. The van der Waals surface area contributed by atoms with Crippen molar-refractivity contribution in [3.63, 3.8) is 0 Å². The molecule has 1 fully saturated rings. The first-order chi connectivity index (χ1) is 13.2. The minimum Gasteiger partial charge on any atom is -0.491 e. The molecule has 2 aliphatic rings. The maximum Gasteiger partial charge on any atom is 0.410 e. The molecule has 29 heavy (non-hydrogen) atoms. The van der Waals surface area contributed by atoms with E-state index in [-0.39, 0.29) is 42.2 Å². The van der Waals surface area contributed by atoms with Crippen molar-refractivity contribution >= 4 is 36.0 Å². The number of rotatable bonds is 4. The molecule has 1 saturated heterocycles. The Kier molecular flexibility index (Phi) is 8.02. The van der Waals surface area contributed by atoms with Crippen molar-refractivity contribution in [1.82, 2.24) is 15.1 Å². The zero-order valence-electron chi connectivity index (χ0n) is 18.0. The number of halogens is 1. The molecule has 0 aromatic heterocycles. The molecule has 0 radical (unpaired) electrons. The van der Waals surface area contributed by atoms with Gasteiger partial charge in [-0.1, -0.05) is 12.1 Å². The summed E-state index contributed by atoms with van der Waals surface area (Å²) in [5, 5.41) is 3.44. The number of carbonyl (C=O) groups excluding carboxylic acids is 1. The number of hydrogen-bond donors (Lipinski definition) is 1. The number of benzene rings is 1. The van der Waals surface area contributed by atoms with Gasteiger partial charge in [0.1, 0.15) is 11.4 Å². The number of nitrogens with one attached hydrogen (secondary N) is 1. The first-order valence-electron chi connectivity index (χ1n) is 10.00. The summed E-state index contributed by atoms with van der Waals surface area (Å²) in [7, 11) is 0. The maximum atomic E-state index is 12.3. The Morgan fingerprint density at radius 1 is 1.24 bits per heavy atom. The standard InChI is InChI=1S/C21H32N4O3.HI/c1-15(2)27-18-8-6-16(7-9-18)12-22-19-23-13-17-14-24(10-11-25(17)19)20(26)28-21(3,4)5;/h6-9,15,17H,10-14H2,1-5H3,(H,22,23);1H. The second-order valence-corrected chi connectivity index (χ2v) is 8.60. The highest BCUT2D eigenvalue weighted by molar-refractivity contribution is 14.0. The van der Waals surface area contributed by atoms with Crippen LogP contribution in [0.5, 0.6) is 5.75 Å². The molecule has 162 valence electrons. The highest BCUT2D eigenvalue weighted by atomic mass is 127. The number of guanidine groups is 1. The van der Waals surface area contributed by atoms with Crippen molar-refractivity contribution in [3.8, 4) is 5.75 Å². The first kappa shape index (κ1) is 23.6. The van der Waals surface area contributed by atoms with Gasteiger partial charge in [0.25, 0.3) is 0 Å². The molecule has 0 saturated carbocycles. The minimum absolute atomic E-state index is 0. The van der Waals surface area contributed by atoms with E-state index in [1.807, 2.05) is 46.8 Å². The summed E-state index contributed by atoms with van der Waals surface area (Å²) < 4.78 is 11.2. The van der Waals surface area contributed by atoms with E-state index in [9.17, 15) is 4.79 Å². The Hall–Kier alpha value is -1.71. The van der Waals surface area contributed by atoms with Crippen molar-refractivity contribution in [2.24, 2.45) is 4.99 Å². The average Bonchev–Trinajstić information content (AvgIpc) is 3.01. The molecule has 1 amide bonds. The van der Waals surface area contributed by atoms with E-state index in [1.54, 1.807) is 4.90 Å². The molecule has 1 unspecified atom stereocenters. The third-order valence-electron chi connectivity index (χ3n) is 4.60.